The first-order chi connectivity index (χ1) is 8.36. The molecule has 0 spiro atoms. The summed E-state index contributed by atoms with van der Waals surface area (Å²) in [6, 6.07) is 10.5. The molecule has 1 aromatic carbocycles. The third-order valence-electron chi connectivity index (χ3n) is 2.90. The number of rotatable bonds is 7. The molecule has 0 atom stereocenters. The topological polar surface area (TPSA) is 23.8 Å². The van der Waals surface area contributed by atoms with Crippen LogP contribution < -0.4 is 0 Å². The van der Waals surface area contributed by atoms with Crippen molar-refractivity contribution in [3.63, 3.8) is 0 Å². The molecule has 0 aliphatic heterocycles. The largest absolute Gasteiger partial charge is 0.193 e. The van der Waals surface area contributed by atoms with E-state index < -0.39 is 0 Å². The fourth-order valence-electron chi connectivity index (χ4n) is 1.86. The molecule has 0 radical (unpaired) electrons. The summed E-state index contributed by atoms with van der Waals surface area (Å²) in [5, 5.41) is 8.43. The van der Waals surface area contributed by atoms with Gasteiger partial charge < -0.3 is 0 Å². The van der Waals surface area contributed by atoms with Crippen molar-refractivity contribution < 1.29 is 0 Å². The summed E-state index contributed by atoms with van der Waals surface area (Å²) >= 11 is 0. The normalized spacial score (nSPS) is 10.6. The number of benzene rings is 1. The van der Waals surface area contributed by atoms with E-state index in [1.807, 2.05) is 12.1 Å². The van der Waals surface area contributed by atoms with Gasteiger partial charge in [0.2, 0.25) is 0 Å². The van der Waals surface area contributed by atoms with Crippen molar-refractivity contribution in [3.8, 4) is 6.07 Å². The van der Waals surface area contributed by atoms with Gasteiger partial charge in [0.05, 0.1) is 6.07 Å². The Labute approximate surface area is 105 Å². The van der Waals surface area contributed by atoms with E-state index in [4.69, 9.17) is 5.26 Å². The molecule has 1 aromatic rings. The van der Waals surface area contributed by atoms with E-state index >= 15 is 0 Å². The highest BCUT2D eigenvalue weighted by molar-refractivity contribution is 5.52. The Balaban J connectivity index is 2.31. The van der Waals surface area contributed by atoms with Gasteiger partial charge >= 0.3 is 0 Å². The molecule has 0 bridgehead atoms. The zero-order chi connectivity index (χ0) is 12.3. The summed E-state index contributed by atoms with van der Waals surface area (Å²) in [7, 11) is 0. The SMILES string of the molecule is CCCCCCCc1ccc(C=CC#N)cc1. The molecule has 0 aliphatic rings. The Kier molecular flexibility index (Phi) is 6.82. The summed E-state index contributed by atoms with van der Waals surface area (Å²) in [6.45, 7) is 2.24. The monoisotopic (exact) mass is 227 g/mol. The van der Waals surface area contributed by atoms with Crippen LogP contribution in [0.4, 0.5) is 0 Å². The summed E-state index contributed by atoms with van der Waals surface area (Å²) in [4.78, 5) is 0. The molecule has 0 heterocycles. The standard InChI is InChI=1S/C16H21N/c1-2-3-4-5-6-8-15-10-12-16(13-11-15)9-7-14-17/h7,9-13H,2-6,8H2,1H3. The summed E-state index contributed by atoms with van der Waals surface area (Å²) in [6.07, 6.45) is 11.2. The van der Waals surface area contributed by atoms with Crippen LogP contribution in [0, 0.1) is 11.3 Å². The first-order valence-corrected chi connectivity index (χ1v) is 6.52. The minimum Gasteiger partial charge on any atom is -0.193 e. The molecule has 0 fully saturated rings. The van der Waals surface area contributed by atoms with E-state index in [-0.39, 0.29) is 0 Å². The molecule has 1 rings (SSSR count). The summed E-state index contributed by atoms with van der Waals surface area (Å²) < 4.78 is 0. The maximum atomic E-state index is 8.43. The molecule has 0 saturated heterocycles. The van der Waals surface area contributed by atoms with Gasteiger partial charge in [0, 0.05) is 6.08 Å². The summed E-state index contributed by atoms with van der Waals surface area (Å²) in [5.74, 6) is 0. The minimum atomic E-state index is 1.10. The Bertz CT molecular complexity index is 368. The van der Waals surface area contributed by atoms with Crippen molar-refractivity contribution in [2.24, 2.45) is 0 Å². The molecule has 0 aliphatic carbocycles. The number of hydrogen-bond donors (Lipinski definition) is 0. The first kappa shape index (κ1) is 13.5. The number of allylic oxidation sites excluding steroid dienone is 1. The molecular weight excluding hydrogens is 206 g/mol. The van der Waals surface area contributed by atoms with Gasteiger partial charge in [0.1, 0.15) is 0 Å². The average Bonchev–Trinajstić information content (AvgIpc) is 2.37. The van der Waals surface area contributed by atoms with E-state index in [9.17, 15) is 0 Å². The van der Waals surface area contributed by atoms with E-state index in [2.05, 4.69) is 31.2 Å². The predicted molar refractivity (Wildman–Crippen MR) is 73.6 cm³/mol. The van der Waals surface area contributed by atoms with Crippen molar-refractivity contribution in [2.45, 2.75) is 45.4 Å². The third kappa shape index (κ3) is 5.92. The lowest BCUT2D eigenvalue weighted by Gasteiger charge is -2.02. The van der Waals surface area contributed by atoms with E-state index in [1.165, 1.54) is 50.2 Å². The number of nitriles is 1. The fraction of sp³-hybridized carbons (Fsp3) is 0.438. The molecule has 0 N–H and O–H groups in total. The smallest absolute Gasteiger partial charge is 0.0912 e. The number of nitrogens with zero attached hydrogens (tertiary/aromatic N) is 1. The zero-order valence-electron chi connectivity index (χ0n) is 10.7. The lowest BCUT2D eigenvalue weighted by atomic mass is 10.0. The molecule has 1 heteroatoms. The number of unbranched alkanes of at least 4 members (excludes halogenated alkanes) is 4. The maximum absolute atomic E-state index is 8.43. The Hall–Kier alpha value is -1.55. The van der Waals surface area contributed by atoms with Crippen LogP contribution in [0.15, 0.2) is 30.3 Å². The quantitative estimate of drug-likeness (QED) is 0.487. The zero-order valence-corrected chi connectivity index (χ0v) is 10.7. The van der Waals surface area contributed by atoms with E-state index in [1.54, 1.807) is 0 Å². The lowest BCUT2D eigenvalue weighted by molar-refractivity contribution is 0.632. The van der Waals surface area contributed by atoms with Crippen LogP contribution in [0.1, 0.15) is 50.2 Å². The molecule has 0 unspecified atom stereocenters. The second kappa shape index (κ2) is 8.58. The second-order valence-electron chi connectivity index (χ2n) is 4.37. The Morgan fingerprint density at radius 1 is 1.06 bits per heavy atom. The fourth-order valence-corrected chi connectivity index (χ4v) is 1.86. The van der Waals surface area contributed by atoms with Gasteiger partial charge in [-0.15, -0.1) is 0 Å². The molecule has 0 amide bonds. The highest BCUT2D eigenvalue weighted by Crippen LogP contribution is 2.11. The molecule has 0 aromatic heterocycles. The minimum absolute atomic E-state index is 1.10. The van der Waals surface area contributed by atoms with Crippen LogP contribution in [-0.4, -0.2) is 0 Å². The van der Waals surface area contributed by atoms with Gasteiger partial charge in [0.15, 0.2) is 0 Å². The van der Waals surface area contributed by atoms with Crippen LogP contribution in [-0.2, 0) is 6.42 Å². The Morgan fingerprint density at radius 2 is 1.76 bits per heavy atom. The van der Waals surface area contributed by atoms with Gasteiger partial charge in [-0.2, -0.15) is 5.26 Å². The van der Waals surface area contributed by atoms with Crippen molar-refractivity contribution in [1.29, 1.82) is 5.26 Å². The van der Waals surface area contributed by atoms with Gasteiger partial charge in [-0.25, -0.2) is 0 Å². The number of aryl methyl sites for hydroxylation is 1. The van der Waals surface area contributed by atoms with Crippen LogP contribution >= 0.6 is 0 Å². The van der Waals surface area contributed by atoms with Gasteiger partial charge in [-0.3, -0.25) is 0 Å². The van der Waals surface area contributed by atoms with E-state index in [0.717, 1.165) is 5.56 Å². The van der Waals surface area contributed by atoms with Crippen molar-refractivity contribution in [1.82, 2.24) is 0 Å². The number of hydrogen-bond acceptors (Lipinski definition) is 1. The predicted octanol–water partition coefficient (Wildman–Crippen LogP) is 4.74. The third-order valence-corrected chi connectivity index (χ3v) is 2.90. The molecular formula is C16H21N. The average molecular weight is 227 g/mol. The maximum Gasteiger partial charge on any atom is 0.0912 e. The highest BCUT2D eigenvalue weighted by atomic mass is 14.2. The van der Waals surface area contributed by atoms with Crippen LogP contribution in [0.3, 0.4) is 0 Å². The van der Waals surface area contributed by atoms with Gasteiger partial charge in [0.25, 0.3) is 0 Å². The second-order valence-corrected chi connectivity index (χ2v) is 4.37. The van der Waals surface area contributed by atoms with Crippen molar-refractivity contribution in [3.05, 3.63) is 41.5 Å². The van der Waals surface area contributed by atoms with E-state index in [0.29, 0.717) is 0 Å². The van der Waals surface area contributed by atoms with Gasteiger partial charge in [-0.05, 0) is 30.0 Å². The van der Waals surface area contributed by atoms with Crippen LogP contribution in [0.25, 0.3) is 6.08 Å². The van der Waals surface area contributed by atoms with Crippen molar-refractivity contribution in [2.75, 3.05) is 0 Å². The van der Waals surface area contributed by atoms with Crippen molar-refractivity contribution >= 4 is 6.08 Å². The van der Waals surface area contributed by atoms with Gasteiger partial charge in [-0.1, -0.05) is 56.9 Å². The first-order valence-electron chi connectivity index (χ1n) is 6.52. The van der Waals surface area contributed by atoms with Crippen LogP contribution in [0.2, 0.25) is 0 Å². The molecule has 1 nitrogen and oxygen atoms in total. The summed E-state index contributed by atoms with van der Waals surface area (Å²) in [5.41, 5.74) is 2.50. The molecule has 0 saturated carbocycles. The molecule has 90 valence electrons. The van der Waals surface area contributed by atoms with Crippen LogP contribution in [0.5, 0.6) is 0 Å². The molecule has 17 heavy (non-hydrogen) atoms. The lowest BCUT2D eigenvalue weighted by Crippen LogP contribution is -1.86. The Morgan fingerprint density at radius 3 is 2.41 bits per heavy atom. The highest BCUT2D eigenvalue weighted by Gasteiger charge is 1.94.